The number of aromatic nitrogens is 1. The van der Waals surface area contributed by atoms with E-state index in [9.17, 15) is 0 Å². The van der Waals surface area contributed by atoms with Crippen molar-refractivity contribution in [3.05, 3.63) is 66.0 Å². The molecule has 0 amide bonds. The summed E-state index contributed by atoms with van der Waals surface area (Å²) in [7, 11) is 0. The fourth-order valence-electron chi connectivity index (χ4n) is 10.8. The van der Waals surface area contributed by atoms with Crippen molar-refractivity contribution in [3.8, 4) is 0 Å². The standard InChI is InChI=1S/C9H18.C9H12.C8H11N.4C8H16.C7H14.CH4/c1-8(2)7-9-5-3-4-6-9;1-8(2)9-6-4-3-5-7-9;1-7(2)8-5-3-4-6-9-8;1-7(2)6-8-4-3-5-8;3*1-7(2)8-5-3-4-6-8;1-6(2)5-7-3-4-7;/h8-9H,3-7H2,1-2H3;3-8H,1-2H3;3-7H,1-2H3;4*7-8H,3-6H2,1-2H3;6-7H,3-5H2,1-2H3;1H4. The summed E-state index contributed by atoms with van der Waals surface area (Å²) in [6, 6.07) is 16.5. The topological polar surface area (TPSA) is 12.9 Å². The molecule has 0 atom stereocenters. The normalized spacial score (nSPS) is 18.6. The van der Waals surface area contributed by atoms with Gasteiger partial charge >= 0.3 is 0 Å². The Morgan fingerprint density at radius 1 is 0.358 bits per heavy atom. The highest BCUT2D eigenvalue weighted by atomic mass is 14.7. The van der Waals surface area contributed by atoms with Gasteiger partial charge in [-0.05, 0) is 120 Å². The van der Waals surface area contributed by atoms with Gasteiger partial charge in [-0.3, -0.25) is 4.98 Å². The highest BCUT2D eigenvalue weighted by Gasteiger charge is 2.22. The first-order valence-electron chi connectivity index (χ1n) is 29.3. The Morgan fingerprint density at radius 3 is 0.866 bits per heavy atom. The molecule has 0 saturated heterocycles. The average Bonchev–Trinajstić information content (AvgIpc) is 3.91. The van der Waals surface area contributed by atoms with Crippen molar-refractivity contribution in [2.24, 2.45) is 71.0 Å². The first kappa shape index (κ1) is 65.4. The minimum absolute atomic E-state index is 0. The molecule has 0 radical (unpaired) electrons. The smallest absolute Gasteiger partial charge is 0.0428 e. The van der Waals surface area contributed by atoms with Gasteiger partial charge in [0.25, 0.3) is 0 Å². The number of hydrogen-bond donors (Lipinski definition) is 0. The summed E-state index contributed by atoms with van der Waals surface area (Å²) in [6.45, 7) is 36.7. The van der Waals surface area contributed by atoms with Crippen LogP contribution in [-0.2, 0) is 0 Å². The fourth-order valence-corrected chi connectivity index (χ4v) is 10.8. The van der Waals surface area contributed by atoms with Crippen LogP contribution in [-0.4, -0.2) is 4.98 Å². The maximum Gasteiger partial charge on any atom is 0.0428 e. The van der Waals surface area contributed by atoms with Crippen LogP contribution in [0, 0.1) is 71.0 Å². The SMILES string of the molecule is C.CC(C)C1CCCC1.CC(C)C1CCCC1.CC(C)C1CCCC1.CC(C)CC1CC1.CC(C)CC1CCC1.CC(C)CC1CCCC1.CC(C)c1ccccc1.CC(C)c1ccccn1. The molecule has 0 aliphatic heterocycles. The molecule has 67 heavy (non-hydrogen) atoms. The molecule has 0 spiro atoms. The molecule has 392 valence electrons. The third-order valence-corrected chi connectivity index (χ3v) is 15.6. The van der Waals surface area contributed by atoms with Crippen LogP contribution in [0.25, 0.3) is 0 Å². The second-order valence-electron chi connectivity index (χ2n) is 25.1. The maximum atomic E-state index is 4.18. The van der Waals surface area contributed by atoms with E-state index in [0.29, 0.717) is 11.8 Å². The first-order valence-corrected chi connectivity index (χ1v) is 29.3. The van der Waals surface area contributed by atoms with Gasteiger partial charge in [-0.15, -0.1) is 0 Å². The molecule has 1 aromatic carbocycles. The van der Waals surface area contributed by atoms with Crippen LogP contribution in [0.3, 0.4) is 0 Å². The Kier molecular flexibility index (Phi) is 39.0. The predicted octanol–water partition coefficient (Wildman–Crippen LogP) is 22.6. The van der Waals surface area contributed by atoms with Gasteiger partial charge in [0, 0.05) is 11.9 Å². The lowest BCUT2D eigenvalue weighted by atomic mass is 9.80. The number of pyridine rings is 1. The summed E-state index contributed by atoms with van der Waals surface area (Å²) in [6.07, 6.45) is 37.7. The van der Waals surface area contributed by atoms with E-state index in [2.05, 4.69) is 140 Å². The van der Waals surface area contributed by atoms with Crippen molar-refractivity contribution in [3.63, 3.8) is 0 Å². The Hall–Kier alpha value is -1.63. The molecule has 0 N–H and O–H groups in total. The van der Waals surface area contributed by atoms with Crippen molar-refractivity contribution in [2.45, 2.75) is 284 Å². The molecule has 0 unspecified atom stereocenters. The molecule has 1 heteroatoms. The minimum Gasteiger partial charge on any atom is -0.261 e. The molecule has 6 fully saturated rings. The Morgan fingerprint density at radius 2 is 0.672 bits per heavy atom. The lowest BCUT2D eigenvalue weighted by Gasteiger charge is -2.26. The Balaban J connectivity index is 0.000000742. The molecule has 6 saturated carbocycles. The van der Waals surface area contributed by atoms with Gasteiger partial charge in [0.05, 0.1) is 0 Å². The van der Waals surface area contributed by atoms with Gasteiger partial charge in [0.15, 0.2) is 0 Å². The molecular weight excluding hydrogens is 807 g/mol. The minimum atomic E-state index is 0. The monoisotopic (exact) mass is 930 g/mol. The third kappa shape index (κ3) is 36.0. The van der Waals surface area contributed by atoms with Crippen molar-refractivity contribution < 1.29 is 0 Å². The van der Waals surface area contributed by atoms with Crippen LogP contribution < -0.4 is 0 Å². The van der Waals surface area contributed by atoms with Gasteiger partial charge < -0.3 is 0 Å². The molecule has 0 bridgehead atoms. The van der Waals surface area contributed by atoms with Crippen molar-refractivity contribution in [1.82, 2.24) is 4.98 Å². The van der Waals surface area contributed by atoms with Crippen molar-refractivity contribution >= 4 is 0 Å². The van der Waals surface area contributed by atoms with Crippen LogP contribution in [0.4, 0.5) is 0 Å². The van der Waals surface area contributed by atoms with E-state index in [4.69, 9.17) is 0 Å². The summed E-state index contributed by atoms with van der Waals surface area (Å²) >= 11 is 0. The van der Waals surface area contributed by atoms with E-state index in [1.165, 1.54) is 160 Å². The number of nitrogens with zero attached hydrogens (tertiary/aromatic N) is 1. The summed E-state index contributed by atoms with van der Waals surface area (Å²) in [4.78, 5) is 4.18. The Bertz CT molecular complexity index is 1200. The summed E-state index contributed by atoms with van der Waals surface area (Å²) < 4.78 is 0. The van der Waals surface area contributed by atoms with Crippen LogP contribution in [0.5, 0.6) is 0 Å². The molecular formula is C66H123N. The van der Waals surface area contributed by atoms with E-state index in [-0.39, 0.29) is 7.43 Å². The van der Waals surface area contributed by atoms with E-state index in [0.717, 1.165) is 76.7 Å². The molecule has 1 heterocycles. The van der Waals surface area contributed by atoms with E-state index in [1.54, 1.807) is 0 Å². The zero-order chi connectivity index (χ0) is 49.3. The fraction of sp³-hybridized carbons (Fsp3) is 0.833. The van der Waals surface area contributed by atoms with Gasteiger partial charge in [0.1, 0.15) is 0 Å². The molecule has 2 aromatic rings. The molecule has 6 aliphatic rings. The summed E-state index contributed by atoms with van der Waals surface area (Å²) in [5, 5.41) is 0. The lowest BCUT2D eigenvalue weighted by Crippen LogP contribution is -2.12. The number of rotatable bonds is 11. The van der Waals surface area contributed by atoms with Crippen molar-refractivity contribution in [2.75, 3.05) is 0 Å². The second-order valence-corrected chi connectivity index (χ2v) is 25.1. The molecule has 1 nitrogen and oxygen atoms in total. The predicted molar refractivity (Wildman–Crippen MR) is 306 cm³/mol. The zero-order valence-corrected chi connectivity index (χ0v) is 47.7. The number of hydrogen-bond acceptors (Lipinski definition) is 1. The first-order chi connectivity index (χ1) is 31.4. The zero-order valence-electron chi connectivity index (χ0n) is 47.7. The summed E-state index contributed by atoms with van der Waals surface area (Å²) in [5.41, 5.74) is 2.58. The third-order valence-electron chi connectivity index (χ3n) is 15.6. The van der Waals surface area contributed by atoms with Crippen molar-refractivity contribution in [1.29, 1.82) is 0 Å². The lowest BCUT2D eigenvalue weighted by molar-refractivity contribution is 0.264. The van der Waals surface area contributed by atoms with Crippen LogP contribution >= 0.6 is 0 Å². The van der Waals surface area contributed by atoms with Gasteiger partial charge in [-0.2, -0.15) is 0 Å². The quantitative estimate of drug-likeness (QED) is 0.219. The number of benzene rings is 1. The largest absolute Gasteiger partial charge is 0.261 e. The second kappa shape index (κ2) is 40.0. The summed E-state index contributed by atoms with van der Waals surface area (Å²) in [5.74, 6) is 13.3. The molecule has 1 aromatic heterocycles. The average molecular weight is 931 g/mol. The highest BCUT2D eigenvalue weighted by molar-refractivity contribution is 5.17. The van der Waals surface area contributed by atoms with Gasteiger partial charge in [-0.1, -0.05) is 289 Å². The van der Waals surface area contributed by atoms with Crippen LogP contribution in [0.2, 0.25) is 0 Å². The van der Waals surface area contributed by atoms with Crippen LogP contribution in [0.1, 0.15) is 295 Å². The van der Waals surface area contributed by atoms with E-state index >= 15 is 0 Å². The highest BCUT2D eigenvalue weighted by Crippen LogP contribution is 2.35. The Labute approximate surface area is 424 Å². The molecule has 8 rings (SSSR count). The van der Waals surface area contributed by atoms with Crippen LogP contribution in [0.15, 0.2) is 54.7 Å². The van der Waals surface area contributed by atoms with E-state index in [1.807, 2.05) is 30.5 Å². The van der Waals surface area contributed by atoms with E-state index < -0.39 is 0 Å². The van der Waals surface area contributed by atoms with Gasteiger partial charge in [0.2, 0.25) is 0 Å². The molecule has 6 aliphatic carbocycles. The van der Waals surface area contributed by atoms with Gasteiger partial charge in [-0.25, -0.2) is 0 Å². The maximum absolute atomic E-state index is 4.18.